The van der Waals surface area contributed by atoms with Crippen LogP contribution in [0.3, 0.4) is 0 Å². The zero-order chi connectivity index (χ0) is 20.4. The van der Waals surface area contributed by atoms with Crippen molar-refractivity contribution in [2.24, 2.45) is 4.99 Å². The number of carbonyl (C=O) groups is 2. The predicted molar refractivity (Wildman–Crippen MR) is 115 cm³/mol. The third-order valence-corrected chi connectivity index (χ3v) is 5.22. The van der Waals surface area contributed by atoms with E-state index in [1.807, 2.05) is 60.2 Å². The minimum atomic E-state index is -0.985. The highest BCUT2D eigenvalue weighted by Gasteiger charge is 2.24. The van der Waals surface area contributed by atoms with E-state index in [0.29, 0.717) is 15.8 Å². The van der Waals surface area contributed by atoms with E-state index in [9.17, 15) is 14.7 Å². The molecule has 2 N–H and O–H groups in total. The average Bonchev–Trinajstić information content (AvgIpc) is 3.29. The topological polar surface area (TPSA) is 83.7 Å². The third-order valence-electron chi connectivity index (χ3n) is 4.31. The van der Waals surface area contributed by atoms with Gasteiger partial charge in [0.15, 0.2) is 5.17 Å². The number of carboxylic acid groups (broad SMARTS) is 1. The first-order valence-corrected chi connectivity index (χ1v) is 9.68. The molecular formula is C22H17N3O3S. The summed E-state index contributed by atoms with van der Waals surface area (Å²) in [4.78, 5) is 28.7. The van der Waals surface area contributed by atoms with E-state index in [2.05, 4.69) is 10.3 Å². The quantitative estimate of drug-likeness (QED) is 0.634. The largest absolute Gasteiger partial charge is 0.478 e. The van der Waals surface area contributed by atoms with Crippen molar-refractivity contribution < 1.29 is 14.7 Å². The van der Waals surface area contributed by atoms with Gasteiger partial charge in [0.25, 0.3) is 5.91 Å². The van der Waals surface area contributed by atoms with Gasteiger partial charge in [-0.1, -0.05) is 18.2 Å². The van der Waals surface area contributed by atoms with E-state index in [1.165, 1.54) is 11.8 Å². The van der Waals surface area contributed by atoms with Crippen molar-refractivity contribution in [1.82, 2.24) is 9.88 Å². The van der Waals surface area contributed by atoms with Crippen LogP contribution in [0.1, 0.15) is 21.6 Å². The number of aromatic nitrogens is 1. The summed E-state index contributed by atoms with van der Waals surface area (Å²) in [6.07, 6.45) is 3.60. The Morgan fingerprint density at radius 1 is 1.14 bits per heavy atom. The molecule has 1 fully saturated rings. The van der Waals surface area contributed by atoms with Gasteiger partial charge in [-0.25, -0.2) is 9.79 Å². The van der Waals surface area contributed by atoms with Crippen LogP contribution in [0.2, 0.25) is 0 Å². The van der Waals surface area contributed by atoms with Crippen molar-refractivity contribution in [1.29, 1.82) is 0 Å². The summed E-state index contributed by atoms with van der Waals surface area (Å²) in [5, 5.41) is 12.5. The molecule has 0 atom stereocenters. The van der Waals surface area contributed by atoms with Gasteiger partial charge in [-0.3, -0.25) is 4.79 Å². The summed E-state index contributed by atoms with van der Waals surface area (Å²) in [6, 6.07) is 18.1. The molecule has 1 aliphatic heterocycles. The van der Waals surface area contributed by atoms with Crippen molar-refractivity contribution in [2.45, 2.75) is 6.92 Å². The molecule has 2 heterocycles. The number of nitrogens with zero attached hydrogens (tertiary/aromatic N) is 2. The molecule has 6 nitrogen and oxygen atoms in total. The minimum Gasteiger partial charge on any atom is -0.478 e. The molecule has 0 bridgehead atoms. The number of aryl methyl sites for hydroxylation is 1. The number of benzene rings is 2. The second kappa shape index (κ2) is 7.81. The molecule has 144 valence electrons. The van der Waals surface area contributed by atoms with E-state index in [-0.39, 0.29) is 11.5 Å². The lowest BCUT2D eigenvalue weighted by molar-refractivity contribution is -0.115. The van der Waals surface area contributed by atoms with Crippen molar-refractivity contribution in [3.05, 3.63) is 88.6 Å². The predicted octanol–water partition coefficient (Wildman–Crippen LogP) is 4.38. The maximum atomic E-state index is 12.4. The molecule has 0 spiro atoms. The molecule has 0 unspecified atom stereocenters. The molecule has 3 aromatic rings. The lowest BCUT2D eigenvalue weighted by atomic mass is 10.2. The number of thioether (sulfide) groups is 1. The Morgan fingerprint density at radius 3 is 2.76 bits per heavy atom. The van der Waals surface area contributed by atoms with Crippen LogP contribution in [0.15, 0.2) is 76.8 Å². The number of carboxylic acids is 1. The molecule has 29 heavy (non-hydrogen) atoms. The highest BCUT2D eigenvalue weighted by molar-refractivity contribution is 8.18. The first-order valence-electron chi connectivity index (χ1n) is 8.87. The molecule has 4 rings (SSSR count). The molecule has 0 aliphatic carbocycles. The van der Waals surface area contributed by atoms with Crippen molar-refractivity contribution in [3.63, 3.8) is 0 Å². The fourth-order valence-corrected chi connectivity index (χ4v) is 3.79. The Hall–Kier alpha value is -3.58. The molecule has 1 saturated heterocycles. The van der Waals surface area contributed by atoms with Crippen LogP contribution in [-0.4, -0.2) is 26.7 Å². The van der Waals surface area contributed by atoms with Crippen molar-refractivity contribution in [2.75, 3.05) is 0 Å². The first kappa shape index (κ1) is 18.8. The molecule has 2 aromatic carbocycles. The number of amidine groups is 1. The maximum absolute atomic E-state index is 12.4. The fourth-order valence-electron chi connectivity index (χ4n) is 2.97. The van der Waals surface area contributed by atoms with Crippen LogP contribution in [0.4, 0.5) is 5.69 Å². The summed E-state index contributed by atoms with van der Waals surface area (Å²) >= 11 is 1.27. The number of hydrogen-bond donors (Lipinski definition) is 2. The van der Waals surface area contributed by atoms with E-state index in [1.54, 1.807) is 24.3 Å². The summed E-state index contributed by atoms with van der Waals surface area (Å²) < 4.78 is 1.84. The normalized spacial score (nSPS) is 16.4. The Labute approximate surface area is 171 Å². The smallest absolute Gasteiger partial charge is 0.335 e. The lowest BCUT2D eigenvalue weighted by Gasteiger charge is -2.07. The Bertz CT molecular complexity index is 1180. The zero-order valence-corrected chi connectivity index (χ0v) is 16.3. The van der Waals surface area contributed by atoms with Gasteiger partial charge in [-0.2, -0.15) is 0 Å². The van der Waals surface area contributed by atoms with Gasteiger partial charge < -0.3 is 15.0 Å². The van der Waals surface area contributed by atoms with E-state index in [4.69, 9.17) is 0 Å². The van der Waals surface area contributed by atoms with Crippen LogP contribution < -0.4 is 5.32 Å². The van der Waals surface area contributed by atoms with Gasteiger partial charge in [0.05, 0.1) is 16.2 Å². The lowest BCUT2D eigenvalue weighted by Crippen LogP contribution is -2.19. The van der Waals surface area contributed by atoms with Crippen LogP contribution in [0, 0.1) is 6.92 Å². The Balaban J connectivity index is 1.63. The monoisotopic (exact) mass is 403 g/mol. The Kier molecular flexibility index (Phi) is 5.05. The van der Waals surface area contributed by atoms with Gasteiger partial charge in [0.1, 0.15) is 0 Å². The van der Waals surface area contributed by atoms with Crippen molar-refractivity contribution >= 4 is 40.6 Å². The van der Waals surface area contributed by atoms with Crippen LogP contribution in [0.5, 0.6) is 0 Å². The zero-order valence-electron chi connectivity index (χ0n) is 15.5. The fraction of sp³-hybridized carbons (Fsp3) is 0.0455. The van der Waals surface area contributed by atoms with Crippen LogP contribution in [-0.2, 0) is 4.79 Å². The standard InChI is InChI=1S/C22H17N3O3S/c1-14-5-2-7-16(11-14)23-22-24-20(26)19(29-22)13-18-9-4-10-25(18)17-8-3-6-15(12-17)21(27)28/h2-13H,1H3,(H,27,28)(H,23,24,26)/b19-13+. The number of rotatable bonds is 4. The third kappa shape index (κ3) is 4.14. The maximum Gasteiger partial charge on any atom is 0.335 e. The van der Waals surface area contributed by atoms with Gasteiger partial charge in [0.2, 0.25) is 0 Å². The van der Waals surface area contributed by atoms with E-state index in [0.717, 1.165) is 16.9 Å². The first-order chi connectivity index (χ1) is 14.0. The molecule has 7 heteroatoms. The Morgan fingerprint density at radius 2 is 1.97 bits per heavy atom. The minimum absolute atomic E-state index is 0.204. The summed E-state index contributed by atoms with van der Waals surface area (Å²) in [6.45, 7) is 1.99. The second-order valence-corrected chi connectivity index (χ2v) is 7.51. The van der Waals surface area contributed by atoms with E-state index >= 15 is 0 Å². The summed E-state index contributed by atoms with van der Waals surface area (Å²) in [7, 11) is 0. The number of nitrogens with one attached hydrogen (secondary N) is 1. The number of carbonyl (C=O) groups excluding carboxylic acids is 1. The molecule has 1 aromatic heterocycles. The highest BCUT2D eigenvalue weighted by atomic mass is 32.2. The number of hydrogen-bond acceptors (Lipinski definition) is 4. The van der Waals surface area contributed by atoms with Gasteiger partial charge in [-0.15, -0.1) is 0 Å². The van der Waals surface area contributed by atoms with Crippen LogP contribution in [0.25, 0.3) is 11.8 Å². The number of amides is 1. The molecule has 1 aliphatic rings. The summed E-state index contributed by atoms with van der Waals surface area (Å²) in [5.74, 6) is -1.20. The van der Waals surface area contributed by atoms with Crippen LogP contribution >= 0.6 is 11.8 Å². The SMILES string of the molecule is Cc1cccc(N=C2NC(=O)/C(=C\c3cccn3-c3cccc(C(=O)O)c3)S2)c1. The average molecular weight is 403 g/mol. The molecule has 1 amide bonds. The van der Waals surface area contributed by atoms with E-state index < -0.39 is 5.97 Å². The summed E-state index contributed by atoms with van der Waals surface area (Å²) in [5.41, 5.74) is 3.55. The van der Waals surface area contributed by atoms with Crippen molar-refractivity contribution in [3.8, 4) is 5.69 Å². The highest BCUT2D eigenvalue weighted by Crippen LogP contribution is 2.29. The van der Waals surface area contributed by atoms with Gasteiger partial charge in [-0.05, 0) is 72.8 Å². The van der Waals surface area contributed by atoms with Gasteiger partial charge in [0, 0.05) is 17.6 Å². The second-order valence-electron chi connectivity index (χ2n) is 6.48. The van der Waals surface area contributed by atoms with Gasteiger partial charge >= 0.3 is 5.97 Å². The number of aliphatic imine (C=N–C) groups is 1. The number of aromatic carboxylic acids is 1. The molecule has 0 radical (unpaired) electrons. The molecule has 0 saturated carbocycles. The molecular weight excluding hydrogens is 386 g/mol.